The highest BCUT2D eigenvalue weighted by atomic mass is 31.2. The largest absolute Gasteiger partial charge is 0.435 e. The fraction of sp³-hybridized carbons (Fsp3) is 0.103. The van der Waals surface area contributed by atoms with E-state index in [9.17, 15) is 9.36 Å². The second-order valence-corrected chi connectivity index (χ2v) is 9.96. The number of hydrogen-bond acceptors (Lipinski definition) is 5. The lowest BCUT2D eigenvalue weighted by molar-refractivity contribution is 0.103. The summed E-state index contributed by atoms with van der Waals surface area (Å²) < 4.78 is 24.8. The van der Waals surface area contributed by atoms with Crippen LogP contribution in [0.4, 0.5) is 0 Å². The number of guanidine groups is 1. The molecule has 0 aliphatic rings. The first kappa shape index (κ1) is 26.0. The Morgan fingerprint density at radius 2 is 1.14 bits per heavy atom. The van der Waals surface area contributed by atoms with Gasteiger partial charge in [0.2, 0.25) is 0 Å². The molecule has 0 aliphatic heterocycles. The highest BCUT2D eigenvalue weighted by Crippen LogP contribution is 2.45. The molecule has 0 unspecified atom stereocenters. The van der Waals surface area contributed by atoms with E-state index in [0.29, 0.717) is 11.1 Å². The number of rotatable bonds is 11. The summed E-state index contributed by atoms with van der Waals surface area (Å²) in [6.07, 6.45) is 0. The summed E-state index contributed by atoms with van der Waals surface area (Å²) in [5.74, 6) is -0.127. The normalized spacial score (nSPS) is 11.7. The number of nitrogens with two attached hydrogens (primary N) is 1. The molecule has 0 fully saturated rings. The molecule has 8 heteroatoms. The zero-order valence-electron chi connectivity index (χ0n) is 20.2. The van der Waals surface area contributed by atoms with E-state index < -0.39 is 7.75 Å². The lowest BCUT2D eigenvalue weighted by atomic mass is 10.0. The molecule has 0 saturated heterocycles. The number of carbonyl (C=O) groups is 1. The van der Waals surface area contributed by atoms with Crippen molar-refractivity contribution in [2.45, 2.75) is 19.8 Å². The number of nitrogens with zero attached hydrogens (tertiary/aromatic N) is 1. The van der Waals surface area contributed by atoms with Crippen molar-refractivity contribution in [2.75, 3.05) is 0 Å². The maximum Gasteiger partial charge on any atom is 0.435 e. The van der Waals surface area contributed by atoms with Crippen molar-refractivity contribution in [2.24, 2.45) is 10.7 Å². The molecule has 0 amide bonds. The third kappa shape index (κ3) is 7.98. The molecule has 0 radical (unpaired) electrons. The van der Waals surface area contributed by atoms with Gasteiger partial charge in [0.05, 0.1) is 19.8 Å². The molecule has 7 nitrogen and oxygen atoms in total. The van der Waals surface area contributed by atoms with Crippen LogP contribution in [0.15, 0.2) is 120 Å². The molecule has 0 heterocycles. The van der Waals surface area contributed by atoms with Gasteiger partial charge < -0.3 is 5.73 Å². The van der Waals surface area contributed by atoms with Crippen molar-refractivity contribution < 1.29 is 18.4 Å². The Kier molecular flexibility index (Phi) is 9.00. The fourth-order valence-corrected chi connectivity index (χ4v) is 4.63. The lowest BCUT2D eigenvalue weighted by Crippen LogP contribution is -2.30. The minimum Gasteiger partial charge on any atom is -0.370 e. The molecule has 37 heavy (non-hydrogen) atoms. The summed E-state index contributed by atoms with van der Waals surface area (Å²) in [6, 6.07) is 35.0. The zero-order chi connectivity index (χ0) is 25.9. The maximum absolute atomic E-state index is 13.5. The van der Waals surface area contributed by atoms with Crippen LogP contribution in [0, 0.1) is 0 Å². The van der Waals surface area contributed by atoms with Crippen LogP contribution < -0.4 is 10.8 Å². The van der Waals surface area contributed by atoms with Crippen LogP contribution in [0.25, 0.3) is 0 Å². The van der Waals surface area contributed by atoms with Gasteiger partial charge in [0, 0.05) is 11.1 Å². The quantitative estimate of drug-likeness (QED) is 0.113. The number of nitrogens with one attached hydrogen (secondary N) is 1. The van der Waals surface area contributed by atoms with Crippen LogP contribution in [0.1, 0.15) is 32.6 Å². The highest BCUT2D eigenvalue weighted by Gasteiger charge is 2.26. The molecule has 4 rings (SSSR count). The first-order chi connectivity index (χ1) is 18.0. The fourth-order valence-electron chi connectivity index (χ4n) is 3.44. The van der Waals surface area contributed by atoms with Gasteiger partial charge in [0.15, 0.2) is 11.7 Å². The number of hydrogen-bond donors (Lipinski definition) is 2. The predicted octanol–water partition coefficient (Wildman–Crippen LogP) is 5.86. The smallest absolute Gasteiger partial charge is 0.370 e. The topological polar surface area (TPSA) is 103 Å². The molecule has 0 saturated carbocycles. The van der Waals surface area contributed by atoms with Crippen molar-refractivity contribution in [3.63, 3.8) is 0 Å². The number of benzene rings is 4. The number of aliphatic imine (C=N–C) groups is 1. The lowest BCUT2D eigenvalue weighted by Gasteiger charge is -2.20. The third-order valence-electron chi connectivity index (χ3n) is 5.42. The second kappa shape index (κ2) is 12.8. The van der Waals surface area contributed by atoms with Gasteiger partial charge in [-0.3, -0.25) is 18.9 Å². The molecule has 0 bridgehead atoms. The van der Waals surface area contributed by atoms with Gasteiger partial charge in [0.25, 0.3) is 0 Å². The van der Waals surface area contributed by atoms with Crippen LogP contribution in [0.5, 0.6) is 0 Å². The summed E-state index contributed by atoms with van der Waals surface area (Å²) in [5.41, 5.74) is 9.78. The van der Waals surface area contributed by atoms with E-state index in [-0.39, 0.29) is 31.5 Å². The molecule has 0 spiro atoms. The predicted molar refractivity (Wildman–Crippen MR) is 145 cm³/mol. The summed E-state index contributed by atoms with van der Waals surface area (Å²) in [7, 11) is -3.83. The van der Waals surface area contributed by atoms with Crippen LogP contribution in [-0.4, -0.2) is 11.7 Å². The first-order valence-electron chi connectivity index (χ1n) is 11.7. The van der Waals surface area contributed by atoms with Crippen molar-refractivity contribution in [3.05, 3.63) is 143 Å². The average molecular weight is 514 g/mol. The van der Waals surface area contributed by atoms with Crippen molar-refractivity contribution in [3.8, 4) is 0 Å². The standard InChI is InChI=1S/C29H28N3O4P/c30-29(31-20-23-16-18-27(19-17-23)28(33)26-14-8-3-9-15-26)32-37(34,35-21-24-10-4-1-5-11-24)36-22-25-12-6-2-7-13-25/h1-19H,20-22H2,(H3,30,31,32,34). The Hall–Kier alpha value is -4.03. The van der Waals surface area contributed by atoms with E-state index in [1.807, 2.05) is 91.0 Å². The zero-order valence-corrected chi connectivity index (χ0v) is 21.1. The molecule has 188 valence electrons. The van der Waals surface area contributed by atoms with Crippen molar-refractivity contribution in [1.29, 1.82) is 0 Å². The van der Waals surface area contributed by atoms with Gasteiger partial charge >= 0.3 is 7.75 Å². The van der Waals surface area contributed by atoms with Gasteiger partial charge in [-0.05, 0) is 16.7 Å². The van der Waals surface area contributed by atoms with Crippen LogP contribution in [0.2, 0.25) is 0 Å². The molecule has 0 aliphatic carbocycles. The van der Waals surface area contributed by atoms with E-state index in [1.54, 1.807) is 24.3 Å². The first-order valence-corrected chi connectivity index (χ1v) is 13.3. The molecule has 3 N–H and O–H groups in total. The molecular formula is C29H28N3O4P. The number of ketones is 1. The average Bonchev–Trinajstić information content (AvgIpc) is 2.95. The SMILES string of the molecule is NC(=NCc1ccc(C(=O)c2ccccc2)cc1)NP(=O)(OCc1ccccc1)OCc1ccccc1. The summed E-state index contributed by atoms with van der Waals surface area (Å²) in [5, 5.41) is 2.64. The van der Waals surface area contributed by atoms with Gasteiger partial charge in [0.1, 0.15) is 0 Å². The van der Waals surface area contributed by atoms with Crippen molar-refractivity contribution >= 4 is 19.5 Å². The second-order valence-electron chi connectivity index (χ2n) is 8.22. The number of carbonyl (C=O) groups excluding carboxylic acids is 1. The molecular weight excluding hydrogens is 485 g/mol. The Bertz CT molecular complexity index is 1320. The monoisotopic (exact) mass is 513 g/mol. The summed E-state index contributed by atoms with van der Waals surface area (Å²) in [6.45, 7) is 0.365. The summed E-state index contributed by atoms with van der Waals surface area (Å²) in [4.78, 5) is 16.9. The van der Waals surface area contributed by atoms with Crippen molar-refractivity contribution in [1.82, 2.24) is 5.09 Å². The maximum atomic E-state index is 13.5. The van der Waals surface area contributed by atoms with Gasteiger partial charge in [-0.15, -0.1) is 0 Å². The minimum atomic E-state index is -3.83. The van der Waals surface area contributed by atoms with Gasteiger partial charge in [-0.1, -0.05) is 115 Å². The highest BCUT2D eigenvalue weighted by molar-refractivity contribution is 7.52. The summed E-state index contributed by atoms with van der Waals surface area (Å²) >= 11 is 0. The van der Waals surface area contributed by atoms with Crippen LogP contribution >= 0.6 is 7.75 Å². The van der Waals surface area contributed by atoms with E-state index in [1.165, 1.54) is 0 Å². The van der Waals surface area contributed by atoms with E-state index in [2.05, 4.69) is 10.1 Å². The van der Waals surface area contributed by atoms with Gasteiger partial charge in [-0.2, -0.15) is 0 Å². The Morgan fingerprint density at radius 3 is 1.65 bits per heavy atom. The van der Waals surface area contributed by atoms with Gasteiger partial charge in [-0.25, -0.2) is 9.56 Å². The Balaban J connectivity index is 1.40. The molecule has 4 aromatic rings. The Morgan fingerprint density at radius 1 is 0.676 bits per heavy atom. The Labute approximate surface area is 216 Å². The van der Waals surface area contributed by atoms with E-state index in [4.69, 9.17) is 14.8 Å². The van der Waals surface area contributed by atoms with E-state index in [0.717, 1.165) is 16.7 Å². The molecule has 0 aromatic heterocycles. The molecule has 0 atom stereocenters. The third-order valence-corrected chi connectivity index (χ3v) is 6.86. The van der Waals surface area contributed by atoms with E-state index >= 15 is 0 Å². The van der Waals surface area contributed by atoms with Crippen LogP contribution in [-0.2, 0) is 33.4 Å². The minimum absolute atomic E-state index is 0.0519. The molecule has 4 aromatic carbocycles. The van der Waals surface area contributed by atoms with Crippen LogP contribution in [0.3, 0.4) is 0 Å².